The van der Waals surface area contributed by atoms with Crippen molar-refractivity contribution in [2.24, 2.45) is 0 Å². The van der Waals surface area contributed by atoms with E-state index in [9.17, 15) is 9.59 Å². The third-order valence-corrected chi connectivity index (χ3v) is 7.06. The molecule has 5 heteroatoms. The Hall–Kier alpha value is -1.10. The minimum atomic E-state index is -0.715. The smallest absolute Gasteiger partial charge is 0.303 e. The molecule has 0 bridgehead atoms. The topological polar surface area (TPSA) is 63.6 Å². The van der Waals surface area contributed by atoms with Crippen LogP contribution >= 0.6 is 0 Å². The number of carboxylic acid groups (broad SMARTS) is 1. The van der Waals surface area contributed by atoms with Crippen molar-refractivity contribution in [3.8, 4) is 0 Å². The molecule has 1 unspecified atom stereocenters. The Morgan fingerprint density at radius 1 is 0.686 bits per heavy atom. The average Bonchev–Trinajstić information content (AvgIpc) is 2.77. The predicted molar refractivity (Wildman–Crippen MR) is 148 cm³/mol. The van der Waals surface area contributed by atoms with E-state index >= 15 is 0 Å². The van der Waals surface area contributed by atoms with Crippen molar-refractivity contribution in [2.75, 3.05) is 27.2 Å². The molecule has 1 N–H and O–H groups in total. The number of aliphatic carboxylic acids is 1. The normalized spacial score (nSPS) is 12.6. The molecule has 0 aromatic heterocycles. The number of unbranched alkanes of at least 4 members (excludes halogenated alkanes) is 17. The number of likely N-dealkylation sites (N-methyl/N-ethyl adjacent to an activating group) is 1. The van der Waals surface area contributed by atoms with Crippen molar-refractivity contribution in [1.82, 2.24) is 0 Å². The van der Waals surface area contributed by atoms with Gasteiger partial charge in [-0.15, -0.1) is 0 Å². The fourth-order valence-electron chi connectivity index (χ4n) is 4.98. The van der Waals surface area contributed by atoms with Crippen molar-refractivity contribution in [3.05, 3.63) is 0 Å². The van der Waals surface area contributed by atoms with Gasteiger partial charge in [0.2, 0.25) is 0 Å². The standard InChI is InChI=1S/C30H59NO4/c1-5-6-7-8-9-10-11-12-13-14-15-16-17-18-19-21-24-29(35-28(2)32)27-31(3,4)26-23-20-22-25-30(33)34/h29H,5-27H2,1-4H3/p+1. The molecule has 1 atom stereocenters. The molecule has 0 amide bonds. The molecular formula is C30H60NO4+. The Morgan fingerprint density at radius 2 is 1.11 bits per heavy atom. The SMILES string of the molecule is CCCCCCCCCCCCCCCCCCC(C[N+](C)(C)CCCCCC(=O)O)OC(C)=O. The summed E-state index contributed by atoms with van der Waals surface area (Å²) in [6.07, 6.45) is 25.7. The third kappa shape index (κ3) is 25.8. The van der Waals surface area contributed by atoms with Gasteiger partial charge in [0.05, 0.1) is 20.6 Å². The lowest BCUT2D eigenvalue weighted by Crippen LogP contribution is -2.47. The number of hydrogen-bond donors (Lipinski definition) is 1. The number of carboxylic acids is 1. The minimum absolute atomic E-state index is 0.0202. The fraction of sp³-hybridized carbons (Fsp3) is 0.933. The number of carbonyl (C=O) groups excluding carboxylic acids is 1. The zero-order valence-corrected chi connectivity index (χ0v) is 24.0. The van der Waals surface area contributed by atoms with E-state index in [1.165, 1.54) is 103 Å². The lowest BCUT2D eigenvalue weighted by molar-refractivity contribution is -0.893. The lowest BCUT2D eigenvalue weighted by Gasteiger charge is -2.33. The summed E-state index contributed by atoms with van der Waals surface area (Å²) in [4.78, 5) is 22.2. The second-order valence-electron chi connectivity index (χ2n) is 11.4. The highest BCUT2D eigenvalue weighted by Gasteiger charge is 2.23. The Balaban J connectivity index is 3.76. The monoisotopic (exact) mass is 498 g/mol. The Kier molecular flexibility index (Phi) is 22.6. The largest absolute Gasteiger partial charge is 0.481 e. The molecule has 0 heterocycles. The summed E-state index contributed by atoms with van der Waals surface area (Å²) in [5.41, 5.74) is 0. The lowest BCUT2D eigenvalue weighted by atomic mass is 10.0. The number of esters is 1. The first-order valence-electron chi connectivity index (χ1n) is 15.0. The summed E-state index contributed by atoms with van der Waals surface area (Å²) in [7, 11) is 4.36. The summed E-state index contributed by atoms with van der Waals surface area (Å²) in [5, 5.41) is 8.76. The molecule has 0 rings (SSSR count). The summed E-state index contributed by atoms with van der Waals surface area (Å²) in [5.74, 6) is -0.902. The highest BCUT2D eigenvalue weighted by atomic mass is 16.5. The molecule has 35 heavy (non-hydrogen) atoms. The summed E-state index contributed by atoms with van der Waals surface area (Å²) >= 11 is 0. The van der Waals surface area contributed by atoms with Crippen LogP contribution in [0.3, 0.4) is 0 Å². The highest BCUT2D eigenvalue weighted by Crippen LogP contribution is 2.16. The first-order chi connectivity index (χ1) is 16.8. The van der Waals surface area contributed by atoms with Crippen molar-refractivity contribution in [1.29, 1.82) is 0 Å². The van der Waals surface area contributed by atoms with E-state index < -0.39 is 5.97 Å². The molecule has 0 radical (unpaired) electrons. The fourth-order valence-corrected chi connectivity index (χ4v) is 4.98. The van der Waals surface area contributed by atoms with E-state index in [2.05, 4.69) is 21.0 Å². The Morgan fingerprint density at radius 3 is 1.54 bits per heavy atom. The third-order valence-electron chi connectivity index (χ3n) is 7.06. The summed E-state index contributed by atoms with van der Waals surface area (Å²) in [6.45, 7) is 5.60. The van der Waals surface area contributed by atoms with Gasteiger partial charge in [-0.05, 0) is 32.1 Å². The molecule has 0 fully saturated rings. The maximum absolute atomic E-state index is 11.6. The van der Waals surface area contributed by atoms with Crippen LogP contribution in [0, 0.1) is 0 Å². The van der Waals surface area contributed by atoms with Crippen LogP contribution < -0.4 is 0 Å². The van der Waals surface area contributed by atoms with Gasteiger partial charge in [0.1, 0.15) is 6.54 Å². The first-order valence-corrected chi connectivity index (χ1v) is 15.0. The Labute approximate surface area is 218 Å². The average molecular weight is 499 g/mol. The molecular weight excluding hydrogens is 438 g/mol. The second-order valence-corrected chi connectivity index (χ2v) is 11.4. The summed E-state index contributed by atoms with van der Waals surface area (Å²) in [6, 6.07) is 0. The van der Waals surface area contributed by atoms with E-state index in [-0.39, 0.29) is 18.5 Å². The van der Waals surface area contributed by atoms with Gasteiger partial charge in [0, 0.05) is 13.3 Å². The molecule has 0 aromatic rings. The number of hydrogen-bond acceptors (Lipinski definition) is 3. The molecule has 0 aliphatic heterocycles. The van der Waals surface area contributed by atoms with E-state index in [0.717, 1.165) is 49.7 Å². The number of carbonyl (C=O) groups is 2. The molecule has 0 saturated heterocycles. The van der Waals surface area contributed by atoms with Crippen molar-refractivity contribution in [3.63, 3.8) is 0 Å². The van der Waals surface area contributed by atoms with Crippen LogP contribution in [0.1, 0.15) is 149 Å². The van der Waals surface area contributed by atoms with Crippen LogP contribution in [-0.4, -0.2) is 54.8 Å². The van der Waals surface area contributed by atoms with E-state index in [1.807, 2.05) is 0 Å². The van der Waals surface area contributed by atoms with E-state index in [1.54, 1.807) is 0 Å². The van der Waals surface area contributed by atoms with Gasteiger partial charge in [0.15, 0.2) is 6.10 Å². The molecule has 5 nitrogen and oxygen atoms in total. The molecule has 0 aliphatic rings. The summed E-state index contributed by atoms with van der Waals surface area (Å²) < 4.78 is 6.45. The number of rotatable bonds is 26. The predicted octanol–water partition coefficient (Wildman–Crippen LogP) is 8.29. The van der Waals surface area contributed by atoms with Crippen molar-refractivity contribution >= 4 is 11.9 Å². The van der Waals surface area contributed by atoms with Crippen LogP contribution in [-0.2, 0) is 14.3 Å². The van der Waals surface area contributed by atoms with Crippen LogP contribution in [0.5, 0.6) is 0 Å². The van der Waals surface area contributed by atoms with Gasteiger partial charge in [-0.25, -0.2) is 0 Å². The number of ether oxygens (including phenoxy) is 1. The molecule has 0 spiro atoms. The van der Waals surface area contributed by atoms with Crippen LogP contribution in [0.25, 0.3) is 0 Å². The Bertz CT molecular complexity index is 507. The minimum Gasteiger partial charge on any atom is -0.481 e. The quantitative estimate of drug-likeness (QED) is 0.0740. The van der Waals surface area contributed by atoms with Gasteiger partial charge >= 0.3 is 11.9 Å². The zero-order chi connectivity index (χ0) is 26.2. The molecule has 208 valence electrons. The molecule has 0 aliphatic carbocycles. The van der Waals surface area contributed by atoms with E-state index in [0.29, 0.717) is 0 Å². The van der Waals surface area contributed by atoms with Gasteiger partial charge in [-0.2, -0.15) is 0 Å². The highest BCUT2D eigenvalue weighted by molar-refractivity contribution is 5.66. The van der Waals surface area contributed by atoms with Crippen LogP contribution in [0.4, 0.5) is 0 Å². The zero-order valence-electron chi connectivity index (χ0n) is 24.0. The van der Waals surface area contributed by atoms with Gasteiger partial charge in [0.25, 0.3) is 0 Å². The van der Waals surface area contributed by atoms with Crippen LogP contribution in [0.2, 0.25) is 0 Å². The van der Waals surface area contributed by atoms with Gasteiger partial charge in [-0.1, -0.05) is 103 Å². The number of nitrogens with zero attached hydrogens (tertiary/aromatic N) is 1. The second kappa shape index (κ2) is 23.3. The maximum atomic E-state index is 11.6. The first kappa shape index (κ1) is 33.9. The number of quaternary nitrogens is 1. The van der Waals surface area contributed by atoms with Crippen LogP contribution in [0.15, 0.2) is 0 Å². The maximum Gasteiger partial charge on any atom is 0.303 e. The molecule has 0 aromatic carbocycles. The van der Waals surface area contributed by atoms with Gasteiger partial charge < -0.3 is 14.3 Å². The van der Waals surface area contributed by atoms with E-state index in [4.69, 9.17) is 9.84 Å². The van der Waals surface area contributed by atoms with Crippen molar-refractivity contribution < 1.29 is 23.9 Å². The molecule has 0 saturated carbocycles. The van der Waals surface area contributed by atoms with Crippen molar-refractivity contribution in [2.45, 2.75) is 155 Å². The van der Waals surface area contributed by atoms with Gasteiger partial charge in [-0.3, -0.25) is 9.59 Å².